The summed E-state index contributed by atoms with van der Waals surface area (Å²) < 4.78 is 0. The van der Waals surface area contributed by atoms with E-state index >= 15 is 0 Å². The van der Waals surface area contributed by atoms with Crippen LogP contribution in [0.2, 0.25) is 5.15 Å². The van der Waals surface area contributed by atoms with Gasteiger partial charge in [0.2, 0.25) is 0 Å². The lowest BCUT2D eigenvalue weighted by molar-refractivity contribution is 0.321. The Morgan fingerprint density at radius 1 is 1.24 bits per heavy atom. The first kappa shape index (κ1) is 14.4. The highest BCUT2D eigenvalue weighted by Crippen LogP contribution is 2.22. The number of hydrogen-bond acceptors (Lipinski definition) is 4. The van der Waals surface area contributed by atoms with Gasteiger partial charge in [0, 0.05) is 28.9 Å². The molecule has 0 unspecified atom stereocenters. The molecule has 0 radical (unpaired) electrons. The number of hydrogen-bond donors (Lipinski definition) is 0. The molecule has 0 aliphatic rings. The molecular weight excluding hydrogens is 302 g/mol. The van der Waals surface area contributed by atoms with E-state index in [9.17, 15) is 0 Å². The molecule has 0 N–H and O–H groups in total. The first-order valence-corrected chi connectivity index (χ1v) is 8.01. The monoisotopic (exact) mass is 317 g/mol. The quantitative estimate of drug-likeness (QED) is 0.672. The van der Waals surface area contributed by atoms with E-state index < -0.39 is 0 Å². The Kier molecular flexibility index (Phi) is 4.19. The van der Waals surface area contributed by atoms with Gasteiger partial charge in [0.25, 0.3) is 0 Å². The van der Waals surface area contributed by atoms with Gasteiger partial charge in [-0.15, -0.1) is 11.3 Å². The third-order valence-electron chi connectivity index (χ3n) is 3.45. The molecule has 108 valence electrons. The number of aryl methyl sites for hydroxylation is 1. The molecule has 0 saturated heterocycles. The van der Waals surface area contributed by atoms with Crippen LogP contribution in [0.5, 0.6) is 0 Å². The van der Waals surface area contributed by atoms with E-state index in [1.807, 2.05) is 30.6 Å². The molecule has 0 fully saturated rings. The van der Waals surface area contributed by atoms with Crippen molar-refractivity contribution in [3.8, 4) is 0 Å². The Bertz CT molecular complexity index is 769. The van der Waals surface area contributed by atoms with Gasteiger partial charge in [0.1, 0.15) is 5.15 Å². The minimum Gasteiger partial charge on any atom is -0.297 e. The molecule has 21 heavy (non-hydrogen) atoms. The van der Waals surface area contributed by atoms with Crippen LogP contribution in [-0.2, 0) is 13.1 Å². The van der Waals surface area contributed by atoms with Gasteiger partial charge in [-0.25, -0.2) is 9.97 Å². The maximum Gasteiger partial charge on any atom is 0.134 e. The molecule has 3 aromatic rings. The molecule has 0 aliphatic heterocycles. The van der Waals surface area contributed by atoms with Crippen LogP contribution in [0.15, 0.2) is 35.8 Å². The maximum absolute atomic E-state index is 6.31. The van der Waals surface area contributed by atoms with E-state index in [0.29, 0.717) is 5.15 Å². The fourth-order valence-corrected chi connectivity index (χ4v) is 3.38. The summed E-state index contributed by atoms with van der Waals surface area (Å²) in [7, 11) is 2.09. The molecule has 0 saturated carbocycles. The largest absolute Gasteiger partial charge is 0.297 e. The van der Waals surface area contributed by atoms with E-state index in [1.165, 1.54) is 4.88 Å². The highest BCUT2D eigenvalue weighted by Gasteiger charge is 2.10. The molecular formula is C16H16ClN3S. The minimum atomic E-state index is 0.585. The third kappa shape index (κ3) is 3.23. The summed E-state index contributed by atoms with van der Waals surface area (Å²) in [6.45, 7) is 3.69. The number of benzene rings is 1. The number of pyridine rings is 1. The van der Waals surface area contributed by atoms with Crippen molar-refractivity contribution >= 4 is 33.8 Å². The van der Waals surface area contributed by atoms with Crippen LogP contribution in [0.3, 0.4) is 0 Å². The van der Waals surface area contributed by atoms with E-state index in [1.54, 1.807) is 11.3 Å². The highest BCUT2D eigenvalue weighted by atomic mass is 35.5. The molecule has 3 nitrogen and oxygen atoms in total. The zero-order chi connectivity index (χ0) is 14.8. The van der Waals surface area contributed by atoms with Gasteiger partial charge in [-0.2, -0.15) is 0 Å². The van der Waals surface area contributed by atoms with Gasteiger partial charge >= 0.3 is 0 Å². The lowest BCUT2D eigenvalue weighted by Gasteiger charge is -2.17. The fourth-order valence-electron chi connectivity index (χ4n) is 2.32. The van der Waals surface area contributed by atoms with Crippen LogP contribution in [0.4, 0.5) is 0 Å². The van der Waals surface area contributed by atoms with Crippen molar-refractivity contribution < 1.29 is 0 Å². The summed E-state index contributed by atoms with van der Waals surface area (Å²) in [5.41, 5.74) is 4.99. The van der Waals surface area contributed by atoms with Crippen molar-refractivity contribution in [3.05, 3.63) is 57.1 Å². The Hall–Kier alpha value is -1.49. The second-order valence-corrected chi connectivity index (χ2v) is 6.46. The molecule has 2 heterocycles. The van der Waals surface area contributed by atoms with Crippen molar-refractivity contribution in [1.29, 1.82) is 0 Å². The average Bonchev–Trinajstić information content (AvgIpc) is 2.85. The Balaban J connectivity index is 1.81. The number of fused-ring (bicyclic) bond motifs is 1. The van der Waals surface area contributed by atoms with Gasteiger partial charge in [-0.3, -0.25) is 4.90 Å². The molecule has 3 rings (SSSR count). The van der Waals surface area contributed by atoms with E-state index in [2.05, 4.69) is 34.0 Å². The minimum absolute atomic E-state index is 0.585. The van der Waals surface area contributed by atoms with Crippen LogP contribution in [0, 0.1) is 6.92 Å². The van der Waals surface area contributed by atoms with Crippen LogP contribution in [0.25, 0.3) is 10.9 Å². The lowest BCUT2D eigenvalue weighted by Crippen LogP contribution is -2.17. The van der Waals surface area contributed by atoms with E-state index in [4.69, 9.17) is 11.6 Å². The smallest absolute Gasteiger partial charge is 0.134 e. The highest BCUT2D eigenvalue weighted by molar-refractivity contribution is 7.09. The topological polar surface area (TPSA) is 29.0 Å². The molecule has 5 heteroatoms. The summed E-state index contributed by atoms with van der Waals surface area (Å²) in [5.74, 6) is 0. The second kappa shape index (κ2) is 6.10. The van der Waals surface area contributed by atoms with Crippen molar-refractivity contribution in [2.24, 2.45) is 0 Å². The SMILES string of the molecule is Cc1ncsc1CN(C)Cc1cc2ccccc2nc1Cl. The van der Waals surface area contributed by atoms with Crippen molar-refractivity contribution in [1.82, 2.24) is 14.9 Å². The van der Waals surface area contributed by atoms with Crippen molar-refractivity contribution in [3.63, 3.8) is 0 Å². The van der Waals surface area contributed by atoms with Crippen LogP contribution in [0.1, 0.15) is 16.1 Å². The van der Waals surface area contributed by atoms with E-state index in [0.717, 1.165) is 35.2 Å². The molecule has 0 aliphatic carbocycles. The summed E-state index contributed by atoms with van der Waals surface area (Å²) >= 11 is 8.01. The molecule has 0 atom stereocenters. The molecule has 0 spiro atoms. The number of aromatic nitrogens is 2. The first-order valence-electron chi connectivity index (χ1n) is 6.75. The van der Waals surface area contributed by atoms with Gasteiger partial charge in [-0.1, -0.05) is 29.8 Å². The molecule has 2 aromatic heterocycles. The summed E-state index contributed by atoms with van der Waals surface area (Å²) in [5, 5.41) is 1.71. The molecule has 0 bridgehead atoms. The number of thiazole rings is 1. The van der Waals surface area contributed by atoms with Gasteiger partial charge < -0.3 is 0 Å². The first-order chi connectivity index (χ1) is 10.1. The van der Waals surface area contributed by atoms with Gasteiger partial charge in [0.15, 0.2) is 0 Å². The Morgan fingerprint density at radius 3 is 2.81 bits per heavy atom. The zero-order valence-corrected chi connectivity index (χ0v) is 13.6. The summed E-state index contributed by atoms with van der Waals surface area (Å²) in [6, 6.07) is 10.2. The second-order valence-electron chi connectivity index (χ2n) is 5.16. The number of halogens is 1. The number of rotatable bonds is 4. The molecule has 0 amide bonds. The fraction of sp³-hybridized carbons (Fsp3) is 0.250. The standard InChI is InChI=1S/C16H16ClN3S/c1-11-15(21-10-18-11)9-20(2)8-13-7-12-5-3-4-6-14(12)19-16(13)17/h3-7,10H,8-9H2,1-2H3. The lowest BCUT2D eigenvalue weighted by atomic mass is 10.1. The average molecular weight is 318 g/mol. The van der Waals surface area contributed by atoms with Crippen molar-refractivity contribution in [2.75, 3.05) is 7.05 Å². The summed E-state index contributed by atoms with van der Waals surface area (Å²) in [6.07, 6.45) is 0. The predicted molar refractivity (Wildman–Crippen MR) is 88.8 cm³/mol. The predicted octanol–water partition coefficient (Wildman–Crippen LogP) is 4.29. The number of nitrogens with zero attached hydrogens (tertiary/aromatic N) is 3. The van der Waals surface area contributed by atoms with Gasteiger partial charge in [-0.05, 0) is 26.1 Å². The molecule has 1 aromatic carbocycles. The van der Waals surface area contributed by atoms with Crippen LogP contribution >= 0.6 is 22.9 Å². The van der Waals surface area contributed by atoms with Crippen LogP contribution in [-0.4, -0.2) is 21.9 Å². The van der Waals surface area contributed by atoms with Crippen LogP contribution < -0.4 is 0 Å². The third-order valence-corrected chi connectivity index (χ3v) is 4.70. The Morgan fingerprint density at radius 2 is 2.05 bits per heavy atom. The van der Waals surface area contributed by atoms with Gasteiger partial charge in [0.05, 0.1) is 16.7 Å². The Labute approximate surface area is 133 Å². The summed E-state index contributed by atoms with van der Waals surface area (Å²) in [4.78, 5) is 12.3. The maximum atomic E-state index is 6.31. The van der Waals surface area contributed by atoms with E-state index in [-0.39, 0.29) is 0 Å². The van der Waals surface area contributed by atoms with Crippen molar-refractivity contribution in [2.45, 2.75) is 20.0 Å². The zero-order valence-electron chi connectivity index (χ0n) is 12.0. The number of para-hydroxylation sites is 1. The normalized spacial score (nSPS) is 11.4.